The highest BCUT2D eigenvalue weighted by atomic mass is 16.5. The Bertz CT molecular complexity index is 164. The molecule has 0 aliphatic rings. The molecule has 0 rings (SSSR count). The van der Waals surface area contributed by atoms with Crippen LogP contribution in [0.1, 0.15) is 12.8 Å². The normalized spacial score (nSPS) is 11.9. The molecule has 4 nitrogen and oxygen atoms in total. The van der Waals surface area contributed by atoms with Crippen LogP contribution in [-0.4, -0.2) is 26.2 Å². The molecule has 0 heterocycles. The van der Waals surface area contributed by atoms with Crippen LogP contribution in [0, 0.1) is 12.8 Å². The van der Waals surface area contributed by atoms with E-state index < -0.39 is 11.9 Å². The van der Waals surface area contributed by atoms with Crippen LogP contribution >= 0.6 is 0 Å². The van der Waals surface area contributed by atoms with Gasteiger partial charge in [-0.3, -0.25) is 9.59 Å². The largest absolute Gasteiger partial charge is 0.469 e. The summed E-state index contributed by atoms with van der Waals surface area (Å²) in [5, 5.41) is 0. The van der Waals surface area contributed by atoms with Crippen molar-refractivity contribution in [2.24, 2.45) is 5.92 Å². The Balaban J connectivity index is 3.63. The first-order valence-electron chi connectivity index (χ1n) is 3.59. The summed E-state index contributed by atoms with van der Waals surface area (Å²) < 4.78 is 8.82. The molecule has 69 valence electrons. The van der Waals surface area contributed by atoms with Crippen LogP contribution in [0.4, 0.5) is 0 Å². The first-order chi connectivity index (χ1) is 5.61. The lowest BCUT2D eigenvalue weighted by atomic mass is 10.1. The number of ether oxygens (including phenoxy) is 2. The molecule has 0 spiro atoms. The Hall–Kier alpha value is -1.06. The summed E-state index contributed by atoms with van der Waals surface area (Å²) in [4.78, 5) is 21.4. The zero-order valence-electron chi connectivity index (χ0n) is 7.33. The number of carbonyl (C=O) groups is 2. The van der Waals surface area contributed by atoms with Crippen LogP contribution in [0.2, 0.25) is 0 Å². The topological polar surface area (TPSA) is 52.6 Å². The predicted octanol–water partition coefficient (Wildman–Crippen LogP) is 0.563. The molecule has 0 saturated carbocycles. The quantitative estimate of drug-likeness (QED) is 0.583. The molecule has 12 heavy (non-hydrogen) atoms. The summed E-state index contributed by atoms with van der Waals surface area (Å²) in [6.07, 6.45) is 0.555. The molecule has 0 aromatic rings. The van der Waals surface area contributed by atoms with Crippen LogP contribution in [0.5, 0.6) is 0 Å². The zero-order valence-corrected chi connectivity index (χ0v) is 7.33. The number of hydrogen-bond acceptors (Lipinski definition) is 4. The number of hydrogen-bond donors (Lipinski definition) is 0. The van der Waals surface area contributed by atoms with Crippen molar-refractivity contribution in [2.75, 3.05) is 14.2 Å². The number of esters is 2. The van der Waals surface area contributed by atoms with E-state index in [0.717, 1.165) is 0 Å². The van der Waals surface area contributed by atoms with Crippen molar-refractivity contribution in [2.45, 2.75) is 12.8 Å². The van der Waals surface area contributed by atoms with Crippen molar-refractivity contribution in [3.63, 3.8) is 0 Å². The van der Waals surface area contributed by atoms with E-state index >= 15 is 0 Å². The molecule has 0 aromatic heterocycles. The molecule has 0 amide bonds. The molecule has 0 bridgehead atoms. The van der Waals surface area contributed by atoms with Crippen molar-refractivity contribution in [3.8, 4) is 0 Å². The third-order valence-electron chi connectivity index (χ3n) is 1.46. The van der Waals surface area contributed by atoms with Gasteiger partial charge in [-0.15, -0.1) is 0 Å². The van der Waals surface area contributed by atoms with Crippen molar-refractivity contribution in [1.29, 1.82) is 0 Å². The molecule has 4 heteroatoms. The number of methoxy groups -OCH3 is 2. The highest BCUT2D eigenvalue weighted by Gasteiger charge is 2.14. The molecule has 0 saturated heterocycles. The summed E-state index contributed by atoms with van der Waals surface area (Å²) in [7, 11) is 2.59. The lowest BCUT2D eigenvalue weighted by Crippen LogP contribution is -2.14. The minimum Gasteiger partial charge on any atom is -0.469 e. The summed E-state index contributed by atoms with van der Waals surface area (Å²) >= 11 is 0. The Labute approximate surface area is 71.8 Å². The van der Waals surface area contributed by atoms with Gasteiger partial charge < -0.3 is 9.47 Å². The molecule has 1 unspecified atom stereocenters. The van der Waals surface area contributed by atoms with Gasteiger partial charge >= 0.3 is 11.9 Å². The smallest absolute Gasteiger partial charge is 0.308 e. The van der Waals surface area contributed by atoms with Crippen LogP contribution in [0.25, 0.3) is 0 Å². The first kappa shape index (κ1) is 10.9. The van der Waals surface area contributed by atoms with E-state index in [-0.39, 0.29) is 12.4 Å². The second-order valence-corrected chi connectivity index (χ2v) is 2.33. The highest BCUT2D eigenvalue weighted by Crippen LogP contribution is 2.06. The lowest BCUT2D eigenvalue weighted by Gasteiger charge is -2.06. The number of rotatable bonds is 4. The molecule has 1 radical (unpaired) electrons. The highest BCUT2D eigenvalue weighted by molar-refractivity contribution is 5.74. The average Bonchev–Trinajstić information content (AvgIpc) is 2.11. The van der Waals surface area contributed by atoms with E-state index in [1.54, 1.807) is 0 Å². The minimum atomic E-state index is -0.492. The van der Waals surface area contributed by atoms with Gasteiger partial charge in [0.15, 0.2) is 0 Å². The molecular formula is C8H13O4. The van der Waals surface area contributed by atoms with Gasteiger partial charge in [-0.05, 0) is 13.3 Å². The van der Waals surface area contributed by atoms with Gasteiger partial charge in [0.25, 0.3) is 0 Å². The molecule has 0 aliphatic heterocycles. The first-order valence-corrected chi connectivity index (χ1v) is 3.59. The van der Waals surface area contributed by atoms with Gasteiger partial charge in [0, 0.05) is 6.42 Å². The van der Waals surface area contributed by atoms with Crippen LogP contribution < -0.4 is 0 Å². The van der Waals surface area contributed by atoms with Crippen LogP contribution in [-0.2, 0) is 19.1 Å². The lowest BCUT2D eigenvalue weighted by molar-refractivity contribution is -0.145. The van der Waals surface area contributed by atoms with Crippen LogP contribution in [0.3, 0.4) is 0 Å². The summed E-state index contributed by atoms with van der Waals surface area (Å²) in [6.45, 7) is 3.53. The maximum Gasteiger partial charge on any atom is 0.308 e. The third-order valence-corrected chi connectivity index (χ3v) is 1.46. The maximum absolute atomic E-state index is 10.8. The fourth-order valence-electron chi connectivity index (χ4n) is 0.679. The Morgan fingerprint density at radius 1 is 1.33 bits per heavy atom. The Morgan fingerprint density at radius 3 is 2.33 bits per heavy atom. The van der Waals surface area contributed by atoms with Crippen molar-refractivity contribution >= 4 is 11.9 Å². The Kier molecular flexibility index (Phi) is 5.08. The van der Waals surface area contributed by atoms with E-state index in [1.807, 2.05) is 0 Å². The van der Waals surface area contributed by atoms with Gasteiger partial charge in [0.05, 0.1) is 20.1 Å². The van der Waals surface area contributed by atoms with E-state index in [4.69, 9.17) is 0 Å². The van der Waals surface area contributed by atoms with Gasteiger partial charge in [-0.1, -0.05) is 0 Å². The Morgan fingerprint density at radius 2 is 1.92 bits per heavy atom. The summed E-state index contributed by atoms with van der Waals surface area (Å²) in [6, 6.07) is 0. The molecule has 1 atom stereocenters. The van der Waals surface area contributed by atoms with E-state index in [0.29, 0.717) is 6.42 Å². The fourth-order valence-corrected chi connectivity index (χ4v) is 0.679. The second-order valence-electron chi connectivity index (χ2n) is 2.33. The number of carbonyl (C=O) groups excluding carboxylic acids is 2. The zero-order chi connectivity index (χ0) is 9.56. The molecular weight excluding hydrogens is 160 g/mol. The van der Waals surface area contributed by atoms with E-state index in [9.17, 15) is 9.59 Å². The predicted molar refractivity (Wildman–Crippen MR) is 42.1 cm³/mol. The monoisotopic (exact) mass is 173 g/mol. The van der Waals surface area contributed by atoms with Gasteiger partial charge in [-0.2, -0.15) is 0 Å². The third kappa shape index (κ3) is 3.95. The van der Waals surface area contributed by atoms with Crippen molar-refractivity contribution < 1.29 is 19.1 Å². The van der Waals surface area contributed by atoms with Gasteiger partial charge in [0.1, 0.15) is 0 Å². The summed E-state index contributed by atoms with van der Waals surface area (Å²) in [5.74, 6) is -1.24. The second kappa shape index (κ2) is 5.57. The van der Waals surface area contributed by atoms with Gasteiger partial charge in [0.2, 0.25) is 0 Å². The minimum absolute atomic E-state index is 0.194. The SMILES string of the molecule is [CH2]C(CCC(=O)OC)C(=O)OC. The molecule has 0 aromatic carbocycles. The van der Waals surface area contributed by atoms with Gasteiger partial charge in [-0.25, -0.2) is 0 Å². The van der Waals surface area contributed by atoms with Crippen molar-refractivity contribution in [3.05, 3.63) is 6.92 Å². The molecule has 0 aliphatic carbocycles. The molecule has 0 N–H and O–H groups in total. The average molecular weight is 173 g/mol. The van der Waals surface area contributed by atoms with E-state index in [2.05, 4.69) is 16.4 Å². The van der Waals surface area contributed by atoms with Crippen molar-refractivity contribution in [1.82, 2.24) is 0 Å². The fraction of sp³-hybridized carbons (Fsp3) is 0.625. The maximum atomic E-state index is 10.8. The van der Waals surface area contributed by atoms with E-state index in [1.165, 1.54) is 14.2 Å². The standard InChI is InChI=1S/C8H13O4/c1-6(8(10)12-3)4-5-7(9)11-2/h6H,1,4-5H2,2-3H3. The van der Waals surface area contributed by atoms with Crippen LogP contribution in [0.15, 0.2) is 0 Å². The molecule has 0 fully saturated rings. The summed E-state index contributed by atoms with van der Waals surface area (Å²) in [5.41, 5.74) is 0.